The topological polar surface area (TPSA) is 20.3 Å². The van der Waals surface area contributed by atoms with Gasteiger partial charge in [-0.05, 0) is 32.4 Å². The number of amides is 1. The molecule has 1 amide bonds. The molecule has 1 rings (SSSR count). The van der Waals surface area contributed by atoms with Crippen molar-refractivity contribution in [2.24, 2.45) is 0 Å². The predicted octanol–water partition coefficient (Wildman–Crippen LogP) is 3.39. The number of hydrogen-bond acceptors (Lipinski definition) is 1. The molecule has 1 aromatic carbocycles. The van der Waals surface area contributed by atoms with Crippen LogP contribution in [-0.2, 0) is 0 Å². The number of aryl methyl sites for hydroxylation is 2. The standard InChI is InChI=1S/C14H20ClNO/c1-4-6-16(7-5-15)14(17)13-9-11(2)8-12(3)10-13/h8-10H,4-7H2,1-3H3. The highest BCUT2D eigenvalue weighted by Crippen LogP contribution is 2.12. The average Bonchev–Trinajstić information content (AvgIpc) is 2.26. The Labute approximate surface area is 109 Å². The lowest BCUT2D eigenvalue weighted by Crippen LogP contribution is -2.33. The summed E-state index contributed by atoms with van der Waals surface area (Å²) in [5.41, 5.74) is 3.01. The molecule has 0 saturated heterocycles. The molecule has 0 bridgehead atoms. The third kappa shape index (κ3) is 4.04. The molecule has 0 unspecified atom stereocenters. The van der Waals surface area contributed by atoms with Gasteiger partial charge in [0, 0.05) is 24.5 Å². The maximum absolute atomic E-state index is 12.3. The van der Waals surface area contributed by atoms with E-state index in [0.29, 0.717) is 12.4 Å². The maximum Gasteiger partial charge on any atom is 0.253 e. The molecule has 17 heavy (non-hydrogen) atoms. The monoisotopic (exact) mass is 253 g/mol. The second-order valence-electron chi connectivity index (χ2n) is 4.36. The van der Waals surface area contributed by atoms with Gasteiger partial charge in [-0.15, -0.1) is 11.6 Å². The molecule has 0 spiro atoms. The molecule has 3 heteroatoms. The summed E-state index contributed by atoms with van der Waals surface area (Å²) < 4.78 is 0. The number of hydrogen-bond donors (Lipinski definition) is 0. The van der Waals surface area contributed by atoms with Crippen LogP contribution in [0.2, 0.25) is 0 Å². The zero-order valence-corrected chi connectivity index (χ0v) is 11.5. The fraction of sp³-hybridized carbons (Fsp3) is 0.500. The van der Waals surface area contributed by atoms with Crippen molar-refractivity contribution in [2.75, 3.05) is 19.0 Å². The second-order valence-corrected chi connectivity index (χ2v) is 4.74. The highest BCUT2D eigenvalue weighted by atomic mass is 35.5. The summed E-state index contributed by atoms with van der Waals surface area (Å²) >= 11 is 5.73. The molecule has 0 aliphatic rings. The van der Waals surface area contributed by atoms with Crippen molar-refractivity contribution in [1.29, 1.82) is 0 Å². The highest BCUT2D eigenvalue weighted by molar-refractivity contribution is 6.18. The molecule has 0 fully saturated rings. The molecule has 0 N–H and O–H groups in total. The van der Waals surface area contributed by atoms with Crippen LogP contribution in [0.5, 0.6) is 0 Å². The van der Waals surface area contributed by atoms with Crippen LogP contribution in [0.4, 0.5) is 0 Å². The van der Waals surface area contributed by atoms with E-state index in [0.717, 1.165) is 29.7 Å². The summed E-state index contributed by atoms with van der Waals surface area (Å²) in [6.45, 7) is 7.46. The highest BCUT2D eigenvalue weighted by Gasteiger charge is 2.14. The third-order valence-corrected chi connectivity index (χ3v) is 2.77. The molecular weight excluding hydrogens is 234 g/mol. The van der Waals surface area contributed by atoms with Gasteiger partial charge in [0.15, 0.2) is 0 Å². The molecule has 0 radical (unpaired) electrons. The first-order chi connectivity index (χ1) is 8.08. The van der Waals surface area contributed by atoms with Crippen LogP contribution in [0, 0.1) is 13.8 Å². The molecule has 1 aromatic rings. The first-order valence-electron chi connectivity index (χ1n) is 6.02. The van der Waals surface area contributed by atoms with Crippen molar-refractivity contribution < 1.29 is 4.79 Å². The van der Waals surface area contributed by atoms with E-state index in [-0.39, 0.29) is 5.91 Å². The summed E-state index contributed by atoms with van der Waals surface area (Å²) in [6.07, 6.45) is 0.952. The quantitative estimate of drug-likeness (QED) is 0.737. The molecule has 0 aromatic heterocycles. The molecule has 0 aliphatic carbocycles. The number of nitrogens with zero attached hydrogens (tertiary/aromatic N) is 1. The van der Waals surface area contributed by atoms with E-state index >= 15 is 0 Å². The minimum atomic E-state index is 0.0827. The Morgan fingerprint density at radius 2 is 1.76 bits per heavy atom. The van der Waals surface area contributed by atoms with Gasteiger partial charge in [-0.2, -0.15) is 0 Å². The summed E-state index contributed by atoms with van der Waals surface area (Å²) in [7, 11) is 0. The fourth-order valence-corrected chi connectivity index (χ4v) is 2.17. The largest absolute Gasteiger partial charge is 0.337 e. The Kier molecular flexibility index (Phi) is 5.49. The number of halogens is 1. The van der Waals surface area contributed by atoms with Crippen LogP contribution >= 0.6 is 11.6 Å². The number of carbonyl (C=O) groups is 1. The molecule has 0 heterocycles. The average molecular weight is 254 g/mol. The zero-order chi connectivity index (χ0) is 12.8. The molecule has 0 saturated carbocycles. The van der Waals surface area contributed by atoms with Gasteiger partial charge in [-0.3, -0.25) is 4.79 Å². The van der Waals surface area contributed by atoms with Gasteiger partial charge >= 0.3 is 0 Å². The Morgan fingerprint density at radius 3 is 2.24 bits per heavy atom. The summed E-state index contributed by atoms with van der Waals surface area (Å²) in [6, 6.07) is 5.95. The lowest BCUT2D eigenvalue weighted by molar-refractivity contribution is 0.0765. The summed E-state index contributed by atoms with van der Waals surface area (Å²) in [5, 5.41) is 0. The van der Waals surface area contributed by atoms with Gasteiger partial charge in [-0.1, -0.05) is 24.1 Å². The molecule has 2 nitrogen and oxygen atoms in total. The van der Waals surface area contributed by atoms with E-state index in [1.54, 1.807) is 0 Å². The first kappa shape index (κ1) is 14.0. The number of benzene rings is 1. The molecule has 94 valence electrons. The van der Waals surface area contributed by atoms with E-state index in [1.807, 2.05) is 30.9 Å². The molecule has 0 atom stereocenters. The van der Waals surface area contributed by atoms with E-state index in [2.05, 4.69) is 13.0 Å². The molecular formula is C14H20ClNO. The van der Waals surface area contributed by atoms with Crippen molar-refractivity contribution in [3.05, 3.63) is 34.9 Å². The lowest BCUT2D eigenvalue weighted by Gasteiger charge is -2.21. The lowest BCUT2D eigenvalue weighted by atomic mass is 10.1. The first-order valence-corrected chi connectivity index (χ1v) is 6.55. The third-order valence-electron chi connectivity index (χ3n) is 2.60. The minimum Gasteiger partial charge on any atom is -0.337 e. The van der Waals surface area contributed by atoms with Crippen LogP contribution in [-0.4, -0.2) is 29.8 Å². The zero-order valence-electron chi connectivity index (χ0n) is 10.8. The van der Waals surface area contributed by atoms with Crippen LogP contribution in [0.3, 0.4) is 0 Å². The number of alkyl halides is 1. The van der Waals surface area contributed by atoms with Crippen molar-refractivity contribution in [3.63, 3.8) is 0 Å². The maximum atomic E-state index is 12.3. The summed E-state index contributed by atoms with van der Waals surface area (Å²) in [4.78, 5) is 14.1. The Morgan fingerprint density at radius 1 is 1.18 bits per heavy atom. The van der Waals surface area contributed by atoms with Gasteiger partial charge in [0.05, 0.1) is 0 Å². The van der Waals surface area contributed by atoms with Gasteiger partial charge in [0.25, 0.3) is 5.91 Å². The molecule has 0 aliphatic heterocycles. The Hall–Kier alpha value is -1.02. The van der Waals surface area contributed by atoms with Crippen molar-refractivity contribution in [3.8, 4) is 0 Å². The van der Waals surface area contributed by atoms with E-state index in [1.165, 1.54) is 0 Å². The SMILES string of the molecule is CCCN(CCCl)C(=O)c1cc(C)cc(C)c1. The minimum absolute atomic E-state index is 0.0827. The van der Waals surface area contributed by atoms with Crippen LogP contribution in [0.15, 0.2) is 18.2 Å². The normalized spacial score (nSPS) is 10.4. The van der Waals surface area contributed by atoms with Crippen molar-refractivity contribution in [1.82, 2.24) is 4.90 Å². The van der Waals surface area contributed by atoms with Gasteiger partial charge in [0.1, 0.15) is 0 Å². The van der Waals surface area contributed by atoms with Crippen LogP contribution in [0.25, 0.3) is 0 Å². The van der Waals surface area contributed by atoms with E-state index < -0.39 is 0 Å². The van der Waals surface area contributed by atoms with Gasteiger partial charge < -0.3 is 4.90 Å². The van der Waals surface area contributed by atoms with Gasteiger partial charge in [0.2, 0.25) is 0 Å². The van der Waals surface area contributed by atoms with Crippen molar-refractivity contribution in [2.45, 2.75) is 27.2 Å². The number of carbonyl (C=O) groups excluding carboxylic acids is 1. The Balaban J connectivity index is 2.92. The predicted molar refractivity (Wildman–Crippen MR) is 72.8 cm³/mol. The van der Waals surface area contributed by atoms with E-state index in [4.69, 9.17) is 11.6 Å². The van der Waals surface area contributed by atoms with Crippen LogP contribution < -0.4 is 0 Å². The van der Waals surface area contributed by atoms with Gasteiger partial charge in [-0.25, -0.2) is 0 Å². The Bertz CT molecular complexity index is 364. The number of rotatable bonds is 5. The fourth-order valence-electron chi connectivity index (χ4n) is 1.97. The smallest absolute Gasteiger partial charge is 0.253 e. The summed E-state index contributed by atoms with van der Waals surface area (Å²) in [5.74, 6) is 0.565. The van der Waals surface area contributed by atoms with Crippen molar-refractivity contribution >= 4 is 17.5 Å². The van der Waals surface area contributed by atoms with Crippen LogP contribution in [0.1, 0.15) is 34.8 Å². The van der Waals surface area contributed by atoms with E-state index in [9.17, 15) is 4.79 Å². The second kappa shape index (κ2) is 6.65.